The van der Waals surface area contributed by atoms with Gasteiger partial charge in [-0.05, 0) is 63.6 Å². The van der Waals surface area contributed by atoms with Crippen LogP contribution in [-0.2, 0) is 10.0 Å². The van der Waals surface area contributed by atoms with Crippen LogP contribution in [-0.4, -0.2) is 18.1 Å². The average molecular weight is 336 g/mol. The second kappa shape index (κ2) is 6.37. The first kappa shape index (κ1) is 17.6. The largest absolute Gasteiger partial charge is 0.256 e. The molecule has 0 radical (unpaired) electrons. The molecule has 0 aliphatic heterocycles. The third kappa shape index (κ3) is 4.14. The molecule has 0 aliphatic rings. The minimum atomic E-state index is -3.43. The molecule has 1 aromatic heterocycles. The molecule has 0 saturated carbocycles. The van der Waals surface area contributed by atoms with E-state index in [-0.39, 0.29) is 11.9 Å². The highest BCUT2D eigenvalue weighted by atomic mass is 32.2. The van der Waals surface area contributed by atoms with Gasteiger partial charge in [-0.2, -0.15) is 0 Å². The average Bonchev–Trinajstić information content (AvgIpc) is 2.46. The molecule has 0 unspecified atom stereocenters. The van der Waals surface area contributed by atoms with Gasteiger partial charge in [-0.25, -0.2) is 17.5 Å². The Morgan fingerprint density at radius 2 is 1.70 bits per heavy atom. The van der Waals surface area contributed by atoms with Crippen molar-refractivity contribution in [1.82, 2.24) is 9.71 Å². The van der Waals surface area contributed by atoms with Gasteiger partial charge in [0.05, 0.1) is 10.4 Å². The highest BCUT2D eigenvalue weighted by Gasteiger charge is 2.30. The van der Waals surface area contributed by atoms with E-state index in [0.717, 1.165) is 11.1 Å². The van der Waals surface area contributed by atoms with Crippen molar-refractivity contribution in [3.05, 3.63) is 54.0 Å². The van der Waals surface area contributed by atoms with E-state index in [9.17, 15) is 12.8 Å². The molecular formula is C17H21FN2O2S. The molecule has 0 bridgehead atoms. The fraction of sp³-hybridized carbons (Fsp3) is 0.353. The lowest BCUT2D eigenvalue weighted by molar-refractivity contribution is 0.532. The molecule has 0 spiro atoms. The number of benzene rings is 1. The van der Waals surface area contributed by atoms with Gasteiger partial charge in [0.1, 0.15) is 5.82 Å². The fourth-order valence-electron chi connectivity index (χ4n) is 1.93. The van der Waals surface area contributed by atoms with Gasteiger partial charge >= 0.3 is 0 Å². The predicted octanol–water partition coefficient (Wildman–Crippen LogP) is 3.67. The van der Waals surface area contributed by atoms with Crippen LogP contribution in [0, 0.1) is 5.82 Å². The number of hydrogen-bond acceptors (Lipinski definition) is 3. The third-order valence-corrected chi connectivity index (χ3v) is 5.84. The van der Waals surface area contributed by atoms with Crippen LogP contribution in [0.2, 0.25) is 0 Å². The Balaban J connectivity index is 2.18. The van der Waals surface area contributed by atoms with Gasteiger partial charge in [0.2, 0.25) is 10.0 Å². The summed E-state index contributed by atoms with van der Waals surface area (Å²) < 4.78 is 39.1. The van der Waals surface area contributed by atoms with Gasteiger partial charge < -0.3 is 0 Å². The molecule has 0 amide bonds. The van der Waals surface area contributed by atoms with Gasteiger partial charge in [-0.1, -0.05) is 6.07 Å². The Morgan fingerprint density at radius 1 is 1.09 bits per heavy atom. The second-order valence-electron chi connectivity index (χ2n) is 6.44. The zero-order valence-corrected chi connectivity index (χ0v) is 14.5. The predicted molar refractivity (Wildman–Crippen MR) is 89.9 cm³/mol. The van der Waals surface area contributed by atoms with E-state index < -0.39 is 14.8 Å². The maximum absolute atomic E-state index is 12.9. The van der Waals surface area contributed by atoms with E-state index in [2.05, 4.69) is 9.71 Å². The Labute approximate surface area is 136 Å². The van der Waals surface area contributed by atoms with Crippen molar-refractivity contribution in [3.63, 3.8) is 0 Å². The van der Waals surface area contributed by atoms with E-state index in [1.54, 1.807) is 52.1 Å². The molecule has 0 fully saturated rings. The number of sulfonamides is 1. The monoisotopic (exact) mass is 336 g/mol. The molecule has 6 heteroatoms. The standard InChI is InChI=1S/C17H21FN2O2S/c1-12(20-23(21,22)17(2,3)4)14-7-10-16(19-11-14)13-5-8-15(18)9-6-13/h5-12,20H,1-4H3/t12-/m0/s1. The minimum Gasteiger partial charge on any atom is -0.256 e. The van der Waals surface area contributed by atoms with Crippen molar-refractivity contribution in [2.75, 3.05) is 0 Å². The van der Waals surface area contributed by atoms with Crippen molar-refractivity contribution in [3.8, 4) is 11.3 Å². The maximum Gasteiger partial charge on any atom is 0.217 e. The molecule has 1 aromatic carbocycles. The molecule has 124 valence electrons. The van der Waals surface area contributed by atoms with Gasteiger partial charge in [-0.15, -0.1) is 0 Å². The van der Waals surface area contributed by atoms with Gasteiger partial charge in [-0.3, -0.25) is 4.98 Å². The topological polar surface area (TPSA) is 59.1 Å². The lowest BCUT2D eigenvalue weighted by atomic mass is 10.1. The summed E-state index contributed by atoms with van der Waals surface area (Å²) in [4.78, 5) is 4.33. The van der Waals surface area contributed by atoms with Crippen LogP contribution in [0.4, 0.5) is 4.39 Å². The number of pyridine rings is 1. The summed E-state index contributed by atoms with van der Waals surface area (Å²) in [5, 5.41) is 0. The fourth-order valence-corrected chi connectivity index (χ4v) is 2.89. The van der Waals surface area contributed by atoms with Gasteiger partial charge in [0.25, 0.3) is 0 Å². The molecule has 2 aromatic rings. The summed E-state index contributed by atoms with van der Waals surface area (Å²) in [6.07, 6.45) is 1.63. The van der Waals surface area contributed by atoms with Crippen molar-refractivity contribution < 1.29 is 12.8 Å². The van der Waals surface area contributed by atoms with E-state index in [4.69, 9.17) is 0 Å². The van der Waals surface area contributed by atoms with E-state index in [0.29, 0.717) is 5.69 Å². The molecule has 2 rings (SSSR count). The lowest BCUT2D eigenvalue weighted by Gasteiger charge is -2.23. The Bertz CT molecular complexity index is 764. The molecule has 1 heterocycles. The number of rotatable bonds is 4. The van der Waals surface area contributed by atoms with Crippen LogP contribution < -0.4 is 4.72 Å². The zero-order chi connectivity index (χ0) is 17.3. The Hall–Kier alpha value is -1.79. The van der Waals surface area contributed by atoms with Crippen molar-refractivity contribution in [1.29, 1.82) is 0 Å². The number of hydrogen-bond donors (Lipinski definition) is 1. The summed E-state index contributed by atoms with van der Waals surface area (Å²) in [6.45, 7) is 6.73. The summed E-state index contributed by atoms with van der Waals surface area (Å²) in [6, 6.07) is 9.31. The molecular weight excluding hydrogens is 315 g/mol. The van der Waals surface area contributed by atoms with Crippen LogP contribution in [0.15, 0.2) is 42.6 Å². The normalized spacial score (nSPS) is 13.8. The lowest BCUT2D eigenvalue weighted by Crippen LogP contribution is -2.40. The van der Waals surface area contributed by atoms with Crippen LogP contribution in [0.25, 0.3) is 11.3 Å². The van der Waals surface area contributed by atoms with Crippen LogP contribution in [0.3, 0.4) is 0 Å². The van der Waals surface area contributed by atoms with Gasteiger partial charge in [0.15, 0.2) is 0 Å². The SMILES string of the molecule is C[C@H](NS(=O)(=O)C(C)(C)C)c1ccc(-c2ccc(F)cc2)nc1. The highest BCUT2D eigenvalue weighted by molar-refractivity contribution is 7.90. The van der Waals surface area contributed by atoms with Crippen LogP contribution in [0.5, 0.6) is 0 Å². The number of aromatic nitrogens is 1. The van der Waals surface area contributed by atoms with Crippen LogP contribution in [0.1, 0.15) is 39.3 Å². The molecule has 0 saturated heterocycles. The smallest absolute Gasteiger partial charge is 0.217 e. The van der Waals surface area contributed by atoms with Crippen LogP contribution >= 0.6 is 0 Å². The third-order valence-electron chi connectivity index (χ3n) is 3.56. The van der Waals surface area contributed by atoms with Gasteiger partial charge in [0, 0.05) is 17.8 Å². The minimum absolute atomic E-state index is 0.296. The van der Waals surface area contributed by atoms with Crippen molar-refractivity contribution in [2.45, 2.75) is 38.5 Å². The number of nitrogens with zero attached hydrogens (tertiary/aromatic N) is 1. The maximum atomic E-state index is 12.9. The summed E-state index contributed by atoms with van der Waals surface area (Å²) in [5.41, 5.74) is 2.28. The van der Waals surface area contributed by atoms with E-state index in [1.165, 1.54) is 12.1 Å². The summed E-state index contributed by atoms with van der Waals surface area (Å²) in [5.74, 6) is -0.296. The first-order chi connectivity index (χ1) is 10.6. The van der Waals surface area contributed by atoms with E-state index >= 15 is 0 Å². The highest BCUT2D eigenvalue weighted by Crippen LogP contribution is 2.22. The molecule has 1 N–H and O–H groups in total. The van der Waals surface area contributed by atoms with Crippen molar-refractivity contribution >= 4 is 10.0 Å². The number of halogens is 1. The second-order valence-corrected chi connectivity index (χ2v) is 8.91. The molecule has 23 heavy (non-hydrogen) atoms. The van der Waals surface area contributed by atoms with E-state index in [1.807, 2.05) is 6.07 Å². The molecule has 1 atom stereocenters. The quantitative estimate of drug-likeness (QED) is 0.927. The van der Waals surface area contributed by atoms with Crippen molar-refractivity contribution in [2.24, 2.45) is 0 Å². The summed E-state index contributed by atoms with van der Waals surface area (Å²) >= 11 is 0. The Kier molecular flexibility index (Phi) is 4.87. The summed E-state index contributed by atoms with van der Waals surface area (Å²) in [7, 11) is -3.43. The molecule has 4 nitrogen and oxygen atoms in total. The Morgan fingerprint density at radius 3 is 2.17 bits per heavy atom. The first-order valence-corrected chi connectivity index (χ1v) is 8.82. The number of nitrogens with one attached hydrogen (secondary N) is 1. The molecule has 0 aliphatic carbocycles. The zero-order valence-electron chi connectivity index (χ0n) is 13.7. The first-order valence-electron chi connectivity index (χ1n) is 7.34.